The molecule has 6 N–H and O–H groups in total. The van der Waals surface area contributed by atoms with Crippen LogP contribution < -0.4 is 21.1 Å². The number of hydrogen-bond acceptors (Lipinski definition) is 8. The molecule has 6 rings (SSSR count). The molecule has 2 bridgehead atoms. The first-order valence-electron chi connectivity index (χ1n) is 15.0. The van der Waals surface area contributed by atoms with Crippen molar-refractivity contribution in [2.75, 3.05) is 20.7 Å². The van der Waals surface area contributed by atoms with Crippen LogP contribution in [0, 0.1) is 23.2 Å². The number of methoxy groups -OCH3 is 1. The van der Waals surface area contributed by atoms with E-state index in [0.717, 1.165) is 6.42 Å². The molecule has 4 aliphatic rings. The molecule has 2 amide bonds. The number of aliphatic hydroxyl groups is 1. The van der Waals surface area contributed by atoms with E-state index in [4.69, 9.17) is 15.3 Å². The molecular weight excluding hydrogens is 548 g/mol. The van der Waals surface area contributed by atoms with Crippen LogP contribution in [0.3, 0.4) is 0 Å². The fourth-order valence-corrected chi connectivity index (χ4v) is 7.36. The number of aromatic hydroxyl groups is 1. The summed E-state index contributed by atoms with van der Waals surface area (Å²) < 4.78 is 5.84. The third-order valence-corrected chi connectivity index (χ3v) is 9.94. The molecule has 0 unspecified atom stereocenters. The van der Waals surface area contributed by atoms with E-state index < -0.39 is 30.1 Å². The second-order valence-electron chi connectivity index (χ2n) is 12.6. The van der Waals surface area contributed by atoms with Crippen molar-refractivity contribution in [2.24, 2.45) is 28.9 Å². The predicted octanol–water partition coefficient (Wildman–Crippen LogP) is 2.97. The predicted molar refractivity (Wildman–Crippen MR) is 163 cm³/mol. The average molecular weight is 593 g/mol. The molecule has 232 valence electrons. The van der Waals surface area contributed by atoms with Crippen molar-refractivity contribution in [3.05, 3.63) is 59.2 Å². The summed E-state index contributed by atoms with van der Waals surface area (Å²) in [5.41, 5.74) is 9.45. The van der Waals surface area contributed by atoms with Gasteiger partial charge in [-0.1, -0.05) is 62.8 Å². The first kappa shape index (κ1) is 31.0. The number of fused-ring (bicyclic) bond motifs is 2. The summed E-state index contributed by atoms with van der Waals surface area (Å²) in [6.45, 7) is 8.66. The Balaban J connectivity index is 1.47. The van der Waals surface area contributed by atoms with Gasteiger partial charge in [-0.3, -0.25) is 14.4 Å². The van der Waals surface area contributed by atoms with Crippen LogP contribution in [0.5, 0.6) is 11.5 Å². The van der Waals surface area contributed by atoms with Crippen LogP contribution in [0.4, 0.5) is 0 Å². The van der Waals surface area contributed by atoms with Gasteiger partial charge in [0.2, 0.25) is 5.91 Å². The van der Waals surface area contributed by atoms with Gasteiger partial charge in [0.1, 0.15) is 17.5 Å². The van der Waals surface area contributed by atoms with Crippen molar-refractivity contribution in [3.8, 4) is 22.6 Å². The molecule has 0 spiro atoms. The van der Waals surface area contributed by atoms with Crippen molar-refractivity contribution in [3.63, 3.8) is 0 Å². The van der Waals surface area contributed by atoms with E-state index in [1.165, 1.54) is 19.7 Å². The number of hydrogen-bond donors (Lipinski definition) is 5. The number of benzene rings is 2. The average Bonchev–Trinajstić information content (AvgIpc) is 3.36. The highest BCUT2D eigenvalue weighted by Crippen LogP contribution is 2.58. The molecule has 2 aromatic rings. The van der Waals surface area contributed by atoms with Crippen LogP contribution in [0.15, 0.2) is 48.0 Å². The number of phenols is 1. The number of aliphatic hydroxyl groups excluding tert-OH is 1. The Labute approximate surface area is 253 Å². The number of nitrogens with one attached hydrogen (secondary N) is 2. The number of nitrogens with two attached hydrogens (primary N) is 1. The highest BCUT2D eigenvalue weighted by Gasteiger charge is 2.53. The summed E-state index contributed by atoms with van der Waals surface area (Å²) in [6.07, 6.45) is 1.86. The van der Waals surface area contributed by atoms with E-state index in [-0.39, 0.29) is 47.7 Å². The van der Waals surface area contributed by atoms with E-state index in [1.54, 1.807) is 36.3 Å². The number of para-hydroxylation sites is 2. The Bertz CT molecular complexity index is 1420. The van der Waals surface area contributed by atoms with E-state index in [0.29, 0.717) is 28.4 Å². The molecule has 10 heteroatoms. The zero-order chi connectivity index (χ0) is 31.2. The molecule has 2 fully saturated rings. The molecule has 2 aromatic carbocycles. The normalized spacial score (nSPS) is 28.4. The second-order valence-corrected chi connectivity index (χ2v) is 12.6. The monoisotopic (exact) mass is 592 g/mol. The largest absolute Gasteiger partial charge is 0.506 e. The van der Waals surface area contributed by atoms with E-state index in [9.17, 15) is 19.8 Å². The Morgan fingerprint density at radius 1 is 1.21 bits per heavy atom. The minimum atomic E-state index is -0.846. The van der Waals surface area contributed by atoms with Crippen LogP contribution >= 0.6 is 0 Å². The lowest BCUT2D eigenvalue weighted by atomic mass is 9.50. The van der Waals surface area contributed by atoms with Gasteiger partial charge in [0.25, 0.3) is 5.91 Å². The second kappa shape index (κ2) is 11.9. The van der Waals surface area contributed by atoms with Gasteiger partial charge in [-0.05, 0) is 36.7 Å². The summed E-state index contributed by atoms with van der Waals surface area (Å²) in [7, 11) is 3.03. The number of phenolic OH excluding ortho intramolecular Hbond substituents is 1. The Hall–Kier alpha value is -3.44. The molecule has 7 atom stereocenters. The van der Waals surface area contributed by atoms with Crippen LogP contribution in [-0.2, 0) is 16.2 Å². The van der Waals surface area contributed by atoms with Crippen molar-refractivity contribution in [2.45, 2.75) is 65.0 Å². The minimum Gasteiger partial charge on any atom is -0.506 e. The Kier molecular flexibility index (Phi) is 8.59. The molecule has 1 saturated carbocycles. The SMILES string of the molecule is CNC(=O)c1cccc(-c2cccc(CN3O[C@@H](CN)[C@H]([C@H](C)O)[C@H]3C(=O)N[C@H]3C=C4C[C@@H]([C@@H]3C)C4(C)C)c2OC)c1O. The van der Waals surface area contributed by atoms with Gasteiger partial charge in [-0.15, -0.1) is 0 Å². The van der Waals surface area contributed by atoms with Crippen LogP contribution in [0.25, 0.3) is 11.1 Å². The molecule has 43 heavy (non-hydrogen) atoms. The van der Waals surface area contributed by atoms with Gasteiger partial charge >= 0.3 is 0 Å². The number of hydroxylamine groups is 2. The van der Waals surface area contributed by atoms with E-state index in [2.05, 4.69) is 37.5 Å². The maximum atomic E-state index is 14.0. The Morgan fingerprint density at radius 3 is 2.51 bits per heavy atom. The van der Waals surface area contributed by atoms with Crippen LogP contribution in [0.1, 0.15) is 50.0 Å². The maximum absolute atomic E-state index is 14.0. The van der Waals surface area contributed by atoms with E-state index >= 15 is 0 Å². The molecular formula is C33H44N4O6. The quantitative estimate of drug-likeness (QED) is 0.280. The molecule has 1 saturated heterocycles. The van der Waals surface area contributed by atoms with Crippen molar-refractivity contribution < 1.29 is 29.4 Å². The lowest BCUT2D eigenvalue weighted by molar-refractivity contribution is -0.174. The van der Waals surface area contributed by atoms with Gasteiger partial charge in [-0.25, -0.2) is 0 Å². The summed E-state index contributed by atoms with van der Waals surface area (Å²) in [5.74, 6) is -0.102. The van der Waals surface area contributed by atoms with Gasteiger partial charge in [0.15, 0.2) is 0 Å². The standard InChI is InChI=1S/C33H44N4O6/c1-17-24-13-20(33(24,3)4)14-25(17)36-32(41)28-27(18(2)38)26(15-34)43-37(28)16-19-9-7-11-22(30(19)42-6)21-10-8-12-23(29(21)39)31(40)35-5/h7-12,14,17-18,24-28,38-39H,13,15-16,34H2,1-6H3,(H,35,40)(H,36,41)/t17-,18-,24-,25-,26-,27-,28-/m0/s1. The number of carbonyl (C=O) groups is 2. The lowest BCUT2D eigenvalue weighted by Gasteiger charge is -2.56. The molecule has 10 nitrogen and oxygen atoms in total. The first-order valence-corrected chi connectivity index (χ1v) is 15.0. The minimum absolute atomic E-state index is 0.101. The summed E-state index contributed by atoms with van der Waals surface area (Å²) >= 11 is 0. The van der Waals surface area contributed by atoms with Crippen molar-refractivity contribution in [1.29, 1.82) is 0 Å². The third-order valence-electron chi connectivity index (χ3n) is 9.94. The fraction of sp³-hybridized carbons (Fsp3) is 0.515. The van der Waals surface area contributed by atoms with Gasteiger partial charge in [0.05, 0.1) is 37.5 Å². The van der Waals surface area contributed by atoms with Gasteiger partial charge in [0, 0.05) is 36.2 Å². The number of ether oxygens (including phenoxy) is 1. The molecule has 1 heterocycles. The smallest absolute Gasteiger partial charge is 0.254 e. The summed E-state index contributed by atoms with van der Waals surface area (Å²) in [6, 6.07) is 9.53. The fourth-order valence-electron chi connectivity index (χ4n) is 7.36. The molecule has 3 aliphatic carbocycles. The summed E-state index contributed by atoms with van der Waals surface area (Å²) in [5, 5.41) is 29.2. The zero-order valence-corrected chi connectivity index (χ0v) is 25.8. The third kappa shape index (κ3) is 5.31. The zero-order valence-electron chi connectivity index (χ0n) is 25.8. The molecule has 0 radical (unpaired) electrons. The van der Waals surface area contributed by atoms with Gasteiger partial charge < -0.3 is 31.3 Å². The molecule has 0 aromatic heterocycles. The number of nitrogens with zero attached hydrogens (tertiary/aromatic N) is 1. The van der Waals surface area contributed by atoms with Crippen LogP contribution in [0.2, 0.25) is 0 Å². The molecule has 1 aliphatic heterocycles. The highest BCUT2D eigenvalue weighted by molar-refractivity contribution is 5.99. The number of carbonyl (C=O) groups excluding carboxylic acids is 2. The van der Waals surface area contributed by atoms with E-state index in [1.807, 2.05) is 12.1 Å². The topological polar surface area (TPSA) is 146 Å². The maximum Gasteiger partial charge on any atom is 0.254 e. The highest BCUT2D eigenvalue weighted by atomic mass is 16.7. The summed E-state index contributed by atoms with van der Waals surface area (Å²) in [4.78, 5) is 32.6. The first-order chi connectivity index (χ1) is 20.4. The number of rotatable bonds is 9. The number of amides is 2. The van der Waals surface area contributed by atoms with Crippen molar-refractivity contribution >= 4 is 11.8 Å². The number of allylic oxidation sites excluding steroid dienone is 1. The lowest BCUT2D eigenvalue weighted by Crippen LogP contribution is -2.57. The Morgan fingerprint density at radius 2 is 1.91 bits per heavy atom. The van der Waals surface area contributed by atoms with Crippen LogP contribution in [-0.4, -0.2) is 72.1 Å². The van der Waals surface area contributed by atoms with Gasteiger partial charge in [-0.2, -0.15) is 5.06 Å². The van der Waals surface area contributed by atoms with Crippen molar-refractivity contribution in [1.82, 2.24) is 15.7 Å².